The van der Waals surface area contributed by atoms with Crippen LogP contribution < -0.4 is 5.32 Å². The highest BCUT2D eigenvalue weighted by Gasteiger charge is 2.17. The molecular weight excluding hydrogens is 240 g/mol. The molecule has 2 rings (SSSR count). The van der Waals surface area contributed by atoms with E-state index in [4.69, 9.17) is 0 Å². The van der Waals surface area contributed by atoms with Gasteiger partial charge < -0.3 is 15.4 Å². The number of hydrogen-bond donors (Lipinski definition) is 3. The number of carbonyl (C=O) groups is 1. The molecule has 0 aliphatic rings. The number of aliphatic hydroxyl groups is 1. The number of benzene rings is 1. The summed E-state index contributed by atoms with van der Waals surface area (Å²) < 4.78 is 0. The molecule has 0 spiro atoms. The summed E-state index contributed by atoms with van der Waals surface area (Å²) in [6, 6.07) is 7.71. The minimum absolute atomic E-state index is 0.129. The second-order valence-corrected chi connectivity index (χ2v) is 5.19. The quantitative estimate of drug-likeness (QED) is 0.789. The van der Waals surface area contributed by atoms with Crippen molar-refractivity contribution in [2.75, 3.05) is 6.54 Å². The van der Waals surface area contributed by atoms with Gasteiger partial charge >= 0.3 is 0 Å². The third-order valence-corrected chi connectivity index (χ3v) is 3.36. The van der Waals surface area contributed by atoms with Crippen LogP contribution in [0.4, 0.5) is 0 Å². The third kappa shape index (κ3) is 2.79. The van der Waals surface area contributed by atoms with Crippen LogP contribution in [0.5, 0.6) is 0 Å². The SMILES string of the molecule is Cc1[nH]c2ccccc2c1C(=O)NCC(O)C(C)C. The summed E-state index contributed by atoms with van der Waals surface area (Å²) in [5, 5.41) is 13.4. The van der Waals surface area contributed by atoms with Crippen LogP contribution in [0.1, 0.15) is 29.9 Å². The lowest BCUT2D eigenvalue weighted by molar-refractivity contribution is 0.0872. The number of aliphatic hydroxyl groups excluding tert-OH is 1. The number of aromatic nitrogens is 1. The number of fused-ring (bicyclic) bond motifs is 1. The minimum atomic E-state index is -0.519. The molecule has 0 saturated heterocycles. The van der Waals surface area contributed by atoms with Crippen LogP contribution in [-0.4, -0.2) is 28.6 Å². The van der Waals surface area contributed by atoms with E-state index in [0.717, 1.165) is 16.6 Å². The van der Waals surface area contributed by atoms with Gasteiger partial charge in [-0.1, -0.05) is 32.0 Å². The van der Waals surface area contributed by atoms with Gasteiger partial charge in [-0.2, -0.15) is 0 Å². The van der Waals surface area contributed by atoms with E-state index in [1.54, 1.807) is 0 Å². The Morgan fingerprint density at radius 2 is 2.05 bits per heavy atom. The van der Waals surface area contributed by atoms with Gasteiger partial charge in [0.15, 0.2) is 0 Å². The lowest BCUT2D eigenvalue weighted by Crippen LogP contribution is -2.34. The van der Waals surface area contributed by atoms with E-state index in [-0.39, 0.29) is 18.4 Å². The number of carbonyl (C=O) groups excluding carboxylic acids is 1. The van der Waals surface area contributed by atoms with Crippen LogP contribution in [0.15, 0.2) is 24.3 Å². The molecule has 0 aliphatic heterocycles. The molecule has 0 radical (unpaired) electrons. The van der Waals surface area contributed by atoms with E-state index in [2.05, 4.69) is 10.3 Å². The highest BCUT2D eigenvalue weighted by atomic mass is 16.3. The fourth-order valence-corrected chi connectivity index (χ4v) is 2.09. The van der Waals surface area contributed by atoms with Crippen molar-refractivity contribution in [3.8, 4) is 0 Å². The van der Waals surface area contributed by atoms with Gasteiger partial charge in [-0.25, -0.2) is 0 Å². The van der Waals surface area contributed by atoms with Crippen LogP contribution in [0.3, 0.4) is 0 Å². The van der Waals surface area contributed by atoms with Gasteiger partial charge in [0.05, 0.1) is 11.7 Å². The maximum atomic E-state index is 12.2. The van der Waals surface area contributed by atoms with Crippen LogP contribution in [0.25, 0.3) is 10.9 Å². The Morgan fingerprint density at radius 1 is 1.37 bits per heavy atom. The highest BCUT2D eigenvalue weighted by molar-refractivity contribution is 6.08. The van der Waals surface area contributed by atoms with Crippen molar-refractivity contribution in [2.24, 2.45) is 5.92 Å². The molecule has 102 valence electrons. The van der Waals surface area contributed by atoms with Crippen molar-refractivity contribution in [3.05, 3.63) is 35.5 Å². The van der Waals surface area contributed by atoms with E-state index in [0.29, 0.717) is 5.56 Å². The van der Waals surface area contributed by atoms with E-state index < -0.39 is 6.10 Å². The Morgan fingerprint density at radius 3 is 2.74 bits per heavy atom. The van der Waals surface area contributed by atoms with E-state index in [1.165, 1.54) is 0 Å². The molecule has 0 aliphatic carbocycles. The summed E-state index contributed by atoms with van der Waals surface area (Å²) in [4.78, 5) is 15.4. The van der Waals surface area contributed by atoms with Crippen LogP contribution in [-0.2, 0) is 0 Å². The molecule has 1 unspecified atom stereocenters. The first-order valence-electron chi connectivity index (χ1n) is 6.54. The molecule has 1 amide bonds. The number of aryl methyl sites for hydroxylation is 1. The predicted molar refractivity (Wildman–Crippen MR) is 76.2 cm³/mol. The summed E-state index contributed by atoms with van der Waals surface area (Å²) in [6.07, 6.45) is -0.519. The van der Waals surface area contributed by atoms with Crippen molar-refractivity contribution in [3.63, 3.8) is 0 Å². The first-order chi connectivity index (χ1) is 9.00. The fraction of sp³-hybridized carbons (Fsp3) is 0.400. The fourth-order valence-electron chi connectivity index (χ4n) is 2.09. The number of amides is 1. The molecule has 1 heterocycles. The normalized spacial score (nSPS) is 12.9. The lowest BCUT2D eigenvalue weighted by atomic mass is 10.1. The average molecular weight is 260 g/mol. The summed E-state index contributed by atoms with van der Waals surface area (Å²) in [6.45, 7) is 6.00. The third-order valence-electron chi connectivity index (χ3n) is 3.36. The molecule has 0 saturated carbocycles. The zero-order chi connectivity index (χ0) is 14.0. The predicted octanol–water partition coefficient (Wildman–Crippen LogP) is 2.22. The molecule has 0 bridgehead atoms. The number of hydrogen-bond acceptors (Lipinski definition) is 2. The Hall–Kier alpha value is -1.81. The number of nitrogens with one attached hydrogen (secondary N) is 2. The lowest BCUT2D eigenvalue weighted by Gasteiger charge is -2.15. The summed E-state index contributed by atoms with van der Waals surface area (Å²) in [5.74, 6) is -0.0148. The number of para-hydroxylation sites is 1. The van der Waals surface area contributed by atoms with Crippen LogP contribution in [0, 0.1) is 12.8 Å². The van der Waals surface area contributed by atoms with Gasteiger partial charge in [-0.3, -0.25) is 4.79 Å². The Labute approximate surface area is 112 Å². The molecule has 1 aromatic carbocycles. The topological polar surface area (TPSA) is 65.1 Å². The maximum absolute atomic E-state index is 12.2. The van der Waals surface area contributed by atoms with Crippen molar-refractivity contribution in [1.82, 2.24) is 10.3 Å². The average Bonchev–Trinajstić information content (AvgIpc) is 2.71. The van der Waals surface area contributed by atoms with Gasteiger partial charge in [0, 0.05) is 23.1 Å². The Bertz CT molecular complexity index is 587. The van der Waals surface area contributed by atoms with Gasteiger partial charge in [0.2, 0.25) is 0 Å². The van der Waals surface area contributed by atoms with Gasteiger partial charge in [0.25, 0.3) is 5.91 Å². The number of aromatic amines is 1. The van der Waals surface area contributed by atoms with Crippen molar-refractivity contribution >= 4 is 16.8 Å². The monoisotopic (exact) mass is 260 g/mol. The molecule has 1 aromatic heterocycles. The summed E-state index contributed by atoms with van der Waals surface area (Å²) in [7, 11) is 0. The molecule has 3 N–H and O–H groups in total. The molecule has 0 fully saturated rings. The first kappa shape index (κ1) is 13.6. The molecule has 1 atom stereocenters. The molecule has 4 heteroatoms. The van der Waals surface area contributed by atoms with Crippen LogP contribution in [0.2, 0.25) is 0 Å². The van der Waals surface area contributed by atoms with E-state index in [1.807, 2.05) is 45.0 Å². The first-order valence-corrected chi connectivity index (χ1v) is 6.54. The summed E-state index contributed by atoms with van der Waals surface area (Å²) in [5.41, 5.74) is 2.46. The Balaban J connectivity index is 2.20. The second-order valence-electron chi connectivity index (χ2n) is 5.19. The zero-order valence-corrected chi connectivity index (χ0v) is 11.5. The Kier molecular flexibility index (Phi) is 3.90. The zero-order valence-electron chi connectivity index (χ0n) is 11.5. The molecular formula is C15H20N2O2. The number of rotatable bonds is 4. The molecule has 19 heavy (non-hydrogen) atoms. The van der Waals surface area contributed by atoms with Gasteiger partial charge in [-0.15, -0.1) is 0 Å². The van der Waals surface area contributed by atoms with Gasteiger partial charge in [-0.05, 0) is 18.9 Å². The van der Waals surface area contributed by atoms with E-state index >= 15 is 0 Å². The second kappa shape index (κ2) is 5.45. The van der Waals surface area contributed by atoms with Crippen molar-refractivity contribution in [2.45, 2.75) is 26.9 Å². The van der Waals surface area contributed by atoms with Crippen molar-refractivity contribution in [1.29, 1.82) is 0 Å². The van der Waals surface area contributed by atoms with Crippen LogP contribution >= 0.6 is 0 Å². The van der Waals surface area contributed by atoms with Crippen molar-refractivity contribution < 1.29 is 9.90 Å². The highest BCUT2D eigenvalue weighted by Crippen LogP contribution is 2.21. The standard InChI is InChI=1S/C15H20N2O2/c1-9(2)13(18)8-16-15(19)14-10(3)17-12-7-5-4-6-11(12)14/h4-7,9,13,17-18H,8H2,1-3H3,(H,16,19). The number of H-pyrrole nitrogens is 1. The smallest absolute Gasteiger partial charge is 0.253 e. The minimum Gasteiger partial charge on any atom is -0.391 e. The maximum Gasteiger partial charge on any atom is 0.253 e. The van der Waals surface area contributed by atoms with Gasteiger partial charge in [0.1, 0.15) is 0 Å². The van der Waals surface area contributed by atoms with E-state index in [9.17, 15) is 9.90 Å². The molecule has 2 aromatic rings. The largest absolute Gasteiger partial charge is 0.391 e. The summed E-state index contributed by atoms with van der Waals surface area (Å²) >= 11 is 0. The molecule has 4 nitrogen and oxygen atoms in total.